The maximum Gasteiger partial charge on any atom is 0.370 e. The van der Waals surface area contributed by atoms with E-state index in [2.05, 4.69) is 5.32 Å². The van der Waals surface area contributed by atoms with Gasteiger partial charge < -0.3 is 19.9 Å². The molecule has 3 heterocycles. The minimum Gasteiger partial charge on any atom is -0.477 e. The molecule has 1 aromatic carbocycles. The van der Waals surface area contributed by atoms with Gasteiger partial charge in [0.2, 0.25) is 18.1 Å². The van der Waals surface area contributed by atoms with Crippen LogP contribution < -0.4 is 19.4 Å². The van der Waals surface area contributed by atoms with E-state index in [4.69, 9.17) is 37.8 Å². The van der Waals surface area contributed by atoms with E-state index in [0.29, 0.717) is 33.1 Å². The average molecular weight is 386 g/mol. The second-order valence-corrected chi connectivity index (χ2v) is 7.18. The van der Waals surface area contributed by atoms with E-state index in [0.717, 1.165) is 11.4 Å². The minimum atomic E-state index is -0.936. The maximum absolute atomic E-state index is 11.2. The van der Waals surface area contributed by atoms with Crippen molar-refractivity contribution in [2.75, 3.05) is 5.32 Å². The monoisotopic (exact) mass is 385 g/mol. The van der Waals surface area contributed by atoms with Crippen LogP contribution in [0.4, 0.5) is 5.69 Å². The number of halogens is 2. The number of carboxylic acids is 1. The number of carbonyl (C=O) groups is 1. The van der Waals surface area contributed by atoms with E-state index in [9.17, 15) is 4.79 Å². The lowest BCUT2D eigenvalue weighted by Crippen LogP contribution is -2.42. The Bertz CT molecular complexity index is 881. The highest BCUT2D eigenvalue weighted by molar-refractivity contribution is 7.14. The lowest BCUT2D eigenvalue weighted by Gasteiger charge is -1.99. The van der Waals surface area contributed by atoms with Crippen LogP contribution in [0.2, 0.25) is 5.02 Å². The fourth-order valence-electron chi connectivity index (χ4n) is 2.61. The SMILES string of the molecule is O=C(O)C[n+]1c(/C=C2/Nc3cc(Cl)ccc3O2)sc2c1CC(Cl)O2. The van der Waals surface area contributed by atoms with Crippen LogP contribution in [-0.2, 0) is 17.8 Å². The first-order valence-electron chi connectivity index (χ1n) is 7.04. The molecule has 9 heteroatoms. The van der Waals surface area contributed by atoms with Crippen molar-refractivity contribution in [1.82, 2.24) is 0 Å². The molecule has 124 valence electrons. The zero-order valence-corrected chi connectivity index (χ0v) is 14.4. The van der Waals surface area contributed by atoms with Crippen molar-refractivity contribution in [1.29, 1.82) is 0 Å². The summed E-state index contributed by atoms with van der Waals surface area (Å²) in [5.41, 5.74) is 1.09. The molecule has 0 radical (unpaired) electrons. The molecule has 2 aliphatic rings. The first kappa shape index (κ1) is 15.6. The molecule has 2 aliphatic heterocycles. The fraction of sp³-hybridized carbons (Fsp3) is 0.200. The molecule has 6 nitrogen and oxygen atoms in total. The van der Waals surface area contributed by atoms with Gasteiger partial charge in [-0.1, -0.05) is 23.2 Å². The molecular formula is C15H11Cl2N2O4S+. The lowest BCUT2D eigenvalue weighted by molar-refractivity contribution is -0.689. The molecule has 24 heavy (non-hydrogen) atoms. The van der Waals surface area contributed by atoms with Gasteiger partial charge in [-0.25, -0.2) is 4.79 Å². The number of rotatable bonds is 3. The zero-order valence-electron chi connectivity index (χ0n) is 12.1. The van der Waals surface area contributed by atoms with Crippen molar-refractivity contribution >= 4 is 52.3 Å². The number of nitrogens with zero attached hydrogens (tertiary/aromatic N) is 1. The predicted molar refractivity (Wildman–Crippen MR) is 89.8 cm³/mol. The Morgan fingerprint density at radius 2 is 2.38 bits per heavy atom. The number of thiazole rings is 1. The van der Waals surface area contributed by atoms with Crippen LogP contribution in [0.25, 0.3) is 6.08 Å². The van der Waals surface area contributed by atoms with Crippen LogP contribution in [0.1, 0.15) is 10.7 Å². The topological polar surface area (TPSA) is 71.7 Å². The standard InChI is InChI=1S/C15H10Cl2N2O4S/c16-7-1-2-10-8(3-7)18-12(22-10)5-13-19(6-14(20)21)9-4-11(17)23-15(9)24-13/h1-3,5,11H,4,6H2,(H,20,21)/p+1. The van der Waals surface area contributed by atoms with Crippen LogP contribution in [0.15, 0.2) is 24.1 Å². The van der Waals surface area contributed by atoms with E-state index in [1.807, 2.05) is 0 Å². The van der Waals surface area contributed by atoms with Gasteiger partial charge >= 0.3 is 5.97 Å². The van der Waals surface area contributed by atoms with Crippen molar-refractivity contribution < 1.29 is 23.9 Å². The Morgan fingerprint density at radius 1 is 1.54 bits per heavy atom. The molecule has 4 rings (SSSR count). The summed E-state index contributed by atoms with van der Waals surface area (Å²) in [4.78, 5) is 11.2. The van der Waals surface area contributed by atoms with Crippen LogP contribution >= 0.6 is 34.5 Å². The number of aromatic nitrogens is 1. The van der Waals surface area contributed by atoms with E-state index >= 15 is 0 Å². The van der Waals surface area contributed by atoms with Crippen LogP contribution in [0.3, 0.4) is 0 Å². The Balaban J connectivity index is 1.68. The summed E-state index contributed by atoms with van der Waals surface area (Å²) in [6, 6.07) is 5.27. The summed E-state index contributed by atoms with van der Waals surface area (Å²) < 4.78 is 12.9. The second kappa shape index (κ2) is 5.84. The Morgan fingerprint density at radius 3 is 3.17 bits per heavy atom. The number of fused-ring (bicyclic) bond motifs is 2. The minimum absolute atomic E-state index is 0.170. The van der Waals surface area contributed by atoms with Crippen LogP contribution in [0.5, 0.6) is 10.8 Å². The summed E-state index contributed by atoms with van der Waals surface area (Å²) in [5, 5.41) is 14.2. The molecule has 2 N–H and O–H groups in total. The molecule has 1 atom stereocenters. The van der Waals surface area contributed by atoms with Crippen molar-refractivity contribution in [3.8, 4) is 10.8 Å². The highest BCUT2D eigenvalue weighted by Gasteiger charge is 2.37. The first-order chi connectivity index (χ1) is 11.5. The third-order valence-electron chi connectivity index (χ3n) is 3.58. The van der Waals surface area contributed by atoms with Gasteiger partial charge in [0.15, 0.2) is 11.3 Å². The molecule has 0 fully saturated rings. The highest BCUT2D eigenvalue weighted by atomic mass is 35.5. The van der Waals surface area contributed by atoms with Crippen LogP contribution in [-0.4, -0.2) is 16.6 Å². The molecule has 1 aromatic heterocycles. The van der Waals surface area contributed by atoms with Gasteiger partial charge in [-0.05, 0) is 29.5 Å². The summed E-state index contributed by atoms with van der Waals surface area (Å²) in [5.74, 6) is 0.221. The van der Waals surface area contributed by atoms with Crippen molar-refractivity contribution in [3.63, 3.8) is 0 Å². The third-order valence-corrected chi connectivity index (χ3v) is 5.12. The molecule has 0 aliphatic carbocycles. The second-order valence-electron chi connectivity index (χ2n) is 5.26. The van der Waals surface area contributed by atoms with Crippen molar-refractivity contribution in [2.45, 2.75) is 18.5 Å². The van der Waals surface area contributed by atoms with Gasteiger partial charge in [-0.2, -0.15) is 4.57 Å². The largest absolute Gasteiger partial charge is 0.477 e. The lowest BCUT2D eigenvalue weighted by atomic mass is 10.3. The molecule has 0 spiro atoms. The average Bonchev–Trinajstić information content (AvgIpc) is 3.13. The third kappa shape index (κ3) is 2.79. The van der Waals surface area contributed by atoms with Gasteiger partial charge in [0.1, 0.15) is 0 Å². The maximum atomic E-state index is 11.2. The van der Waals surface area contributed by atoms with Gasteiger partial charge in [0.25, 0.3) is 10.1 Å². The molecule has 2 aromatic rings. The number of alkyl halides is 1. The molecule has 0 saturated carbocycles. The molecule has 0 amide bonds. The number of benzene rings is 1. The van der Waals surface area contributed by atoms with E-state index in [-0.39, 0.29) is 6.54 Å². The van der Waals surface area contributed by atoms with Crippen molar-refractivity contribution in [2.24, 2.45) is 0 Å². The van der Waals surface area contributed by atoms with E-state index < -0.39 is 11.5 Å². The summed E-state index contributed by atoms with van der Waals surface area (Å²) >= 11 is 13.3. The van der Waals surface area contributed by atoms with E-state index in [1.54, 1.807) is 28.8 Å². The Labute approximate surface area is 150 Å². The van der Waals surface area contributed by atoms with Gasteiger partial charge in [-0.15, -0.1) is 0 Å². The number of aliphatic carboxylic acids is 1. The van der Waals surface area contributed by atoms with Gasteiger partial charge in [0, 0.05) is 5.02 Å². The number of anilines is 1. The van der Waals surface area contributed by atoms with Crippen LogP contribution in [0, 0.1) is 0 Å². The summed E-state index contributed by atoms with van der Waals surface area (Å²) in [6.07, 6.45) is 2.21. The number of carboxylic acid groups (broad SMARTS) is 1. The first-order valence-corrected chi connectivity index (χ1v) is 8.67. The highest BCUT2D eigenvalue weighted by Crippen LogP contribution is 2.38. The summed E-state index contributed by atoms with van der Waals surface area (Å²) in [7, 11) is 0. The van der Waals surface area contributed by atoms with Gasteiger partial charge in [0.05, 0.1) is 18.2 Å². The zero-order chi connectivity index (χ0) is 16.8. The summed E-state index contributed by atoms with van der Waals surface area (Å²) in [6.45, 7) is -0.170. The normalized spacial score (nSPS) is 19.4. The fourth-order valence-corrected chi connectivity index (χ4v) is 4.18. The number of nitrogens with one attached hydrogen (secondary N) is 1. The molecular weight excluding hydrogens is 375 g/mol. The van der Waals surface area contributed by atoms with Crippen molar-refractivity contribution in [3.05, 3.63) is 39.8 Å². The van der Waals surface area contributed by atoms with Gasteiger partial charge in [-0.3, -0.25) is 0 Å². The van der Waals surface area contributed by atoms with E-state index in [1.165, 1.54) is 11.3 Å². The molecule has 1 unspecified atom stereocenters. The predicted octanol–water partition coefficient (Wildman–Crippen LogP) is 3.08. The number of hydrogen-bond donors (Lipinski definition) is 2. The number of hydrogen-bond acceptors (Lipinski definition) is 5. The Kier molecular flexibility index (Phi) is 3.79. The Hall–Kier alpha value is -1.96. The molecule has 0 saturated heterocycles. The molecule has 0 bridgehead atoms. The quantitative estimate of drug-likeness (QED) is 0.627. The number of ether oxygens (including phenoxy) is 2. The smallest absolute Gasteiger partial charge is 0.370 e.